The second-order valence-electron chi connectivity index (χ2n) is 7.80. The highest BCUT2D eigenvalue weighted by Crippen LogP contribution is 2.45. The van der Waals surface area contributed by atoms with Crippen molar-refractivity contribution < 1.29 is 17.7 Å². The summed E-state index contributed by atoms with van der Waals surface area (Å²) in [7, 11) is -3.03. The number of likely N-dealkylation sites (tertiary alicyclic amines) is 1. The van der Waals surface area contributed by atoms with Gasteiger partial charge < -0.3 is 9.26 Å². The molecule has 3 fully saturated rings. The van der Waals surface area contributed by atoms with Crippen LogP contribution in [0.2, 0.25) is 0 Å². The zero-order valence-electron chi connectivity index (χ0n) is 14.5. The molecule has 7 heteroatoms. The SMILES string of the molecule is Cc1noc(C)c1CN1CC2(C1)C(COCC1CC1)CCS2(=O)=O. The topological polar surface area (TPSA) is 72.6 Å². The van der Waals surface area contributed by atoms with Crippen molar-refractivity contribution >= 4 is 9.84 Å². The van der Waals surface area contributed by atoms with Crippen LogP contribution in [-0.4, -0.2) is 55.3 Å². The number of aromatic nitrogens is 1. The van der Waals surface area contributed by atoms with Gasteiger partial charge in [0.05, 0.1) is 18.1 Å². The highest BCUT2D eigenvalue weighted by atomic mass is 32.2. The van der Waals surface area contributed by atoms with Gasteiger partial charge in [0.2, 0.25) is 0 Å². The summed E-state index contributed by atoms with van der Waals surface area (Å²) in [6, 6.07) is 0. The van der Waals surface area contributed by atoms with Crippen molar-refractivity contribution in [1.82, 2.24) is 10.1 Å². The molecule has 3 aliphatic rings. The highest BCUT2D eigenvalue weighted by Gasteiger charge is 2.61. The molecule has 0 radical (unpaired) electrons. The van der Waals surface area contributed by atoms with Gasteiger partial charge in [0, 0.05) is 37.7 Å². The molecule has 6 nitrogen and oxygen atoms in total. The summed E-state index contributed by atoms with van der Waals surface area (Å²) in [5.74, 6) is 1.99. The fraction of sp³-hybridized carbons (Fsp3) is 0.824. The minimum atomic E-state index is -3.03. The van der Waals surface area contributed by atoms with E-state index in [4.69, 9.17) is 9.26 Å². The second kappa shape index (κ2) is 5.81. The van der Waals surface area contributed by atoms with Crippen LogP contribution < -0.4 is 0 Å². The lowest BCUT2D eigenvalue weighted by atomic mass is 9.83. The summed E-state index contributed by atoms with van der Waals surface area (Å²) in [5, 5.41) is 3.98. The van der Waals surface area contributed by atoms with Crippen LogP contribution in [-0.2, 0) is 21.1 Å². The van der Waals surface area contributed by atoms with Gasteiger partial charge in [-0.3, -0.25) is 4.90 Å². The molecule has 2 aliphatic heterocycles. The zero-order valence-corrected chi connectivity index (χ0v) is 15.3. The molecular formula is C17H26N2O4S. The van der Waals surface area contributed by atoms with E-state index in [1.807, 2.05) is 13.8 Å². The van der Waals surface area contributed by atoms with E-state index < -0.39 is 14.6 Å². The third-order valence-corrected chi connectivity index (χ3v) is 8.62. The largest absolute Gasteiger partial charge is 0.381 e. The molecule has 1 spiro atoms. The zero-order chi connectivity index (χ0) is 16.9. The fourth-order valence-electron chi connectivity index (χ4n) is 4.14. The number of hydrogen-bond donors (Lipinski definition) is 0. The van der Waals surface area contributed by atoms with E-state index >= 15 is 0 Å². The molecule has 4 rings (SSSR count). The van der Waals surface area contributed by atoms with E-state index in [0.29, 0.717) is 32.0 Å². The first-order valence-electron chi connectivity index (χ1n) is 8.85. The predicted octanol–water partition coefficient (Wildman–Crippen LogP) is 1.71. The molecule has 0 N–H and O–H groups in total. The Hall–Kier alpha value is -0.920. The van der Waals surface area contributed by atoms with Gasteiger partial charge >= 0.3 is 0 Å². The summed E-state index contributed by atoms with van der Waals surface area (Å²) in [5.41, 5.74) is 1.98. The molecule has 24 heavy (non-hydrogen) atoms. The first kappa shape index (κ1) is 16.5. The summed E-state index contributed by atoms with van der Waals surface area (Å²) in [6.45, 7) is 7.17. The summed E-state index contributed by atoms with van der Waals surface area (Å²) < 4.78 is 35.8. The van der Waals surface area contributed by atoms with Crippen LogP contribution >= 0.6 is 0 Å². The average Bonchev–Trinajstić information content (AvgIpc) is 3.20. The normalized spacial score (nSPS) is 28.3. The maximum atomic E-state index is 12.7. The van der Waals surface area contributed by atoms with E-state index in [2.05, 4.69) is 10.1 Å². The Morgan fingerprint density at radius 3 is 2.62 bits per heavy atom. The van der Waals surface area contributed by atoms with Gasteiger partial charge in [0.15, 0.2) is 9.84 Å². The Labute approximate surface area is 143 Å². The van der Waals surface area contributed by atoms with Gasteiger partial charge in [0.25, 0.3) is 0 Å². The van der Waals surface area contributed by atoms with Crippen LogP contribution in [0.1, 0.15) is 36.3 Å². The lowest BCUT2D eigenvalue weighted by Gasteiger charge is -2.50. The molecule has 1 aromatic heterocycles. The minimum Gasteiger partial charge on any atom is -0.381 e. The number of hydrogen-bond acceptors (Lipinski definition) is 6. The molecule has 1 atom stereocenters. The maximum absolute atomic E-state index is 12.7. The lowest BCUT2D eigenvalue weighted by molar-refractivity contribution is 0.0225. The minimum absolute atomic E-state index is 0.141. The lowest BCUT2D eigenvalue weighted by Crippen LogP contribution is -2.67. The van der Waals surface area contributed by atoms with Crippen LogP contribution in [0, 0.1) is 25.7 Å². The Kier molecular flexibility index (Phi) is 4.01. The van der Waals surface area contributed by atoms with Crippen molar-refractivity contribution in [2.24, 2.45) is 11.8 Å². The third-order valence-electron chi connectivity index (χ3n) is 6.01. The maximum Gasteiger partial charge on any atom is 0.158 e. The molecule has 1 saturated carbocycles. The molecule has 0 bridgehead atoms. The van der Waals surface area contributed by atoms with Gasteiger partial charge in [-0.25, -0.2) is 8.42 Å². The average molecular weight is 354 g/mol. The Balaban J connectivity index is 1.41. The van der Waals surface area contributed by atoms with Crippen molar-refractivity contribution in [2.75, 3.05) is 32.1 Å². The first-order chi connectivity index (χ1) is 11.4. The fourth-order valence-corrected chi connectivity index (χ4v) is 6.60. The van der Waals surface area contributed by atoms with Crippen molar-refractivity contribution in [2.45, 2.75) is 44.4 Å². The predicted molar refractivity (Wildman–Crippen MR) is 89.4 cm³/mol. The molecule has 134 valence electrons. The van der Waals surface area contributed by atoms with E-state index in [1.165, 1.54) is 12.8 Å². The van der Waals surface area contributed by atoms with E-state index in [9.17, 15) is 8.42 Å². The molecule has 0 amide bonds. The number of sulfone groups is 1. The van der Waals surface area contributed by atoms with Crippen LogP contribution in [0.4, 0.5) is 0 Å². The Morgan fingerprint density at radius 2 is 2.00 bits per heavy atom. The van der Waals surface area contributed by atoms with E-state index in [1.54, 1.807) is 0 Å². The second-order valence-corrected chi connectivity index (χ2v) is 10.2. The van der Waals surface area contributed by atoms with Gasteiger partial charge in [-0.2, -0.15) is 0 Å². The summed E-state index contributed by atoms with van der Waals surface area (Å²) in [6.07, 6.45) is 3.27. The van der Waals surface area contributed by atoms with Crippen molar-refractivity contribution in [3.8, 4) is 0 Å². The van der Waals surface area contributed by atoms with Gasteiger partial charge in [0.1, 0.15) is 10.5 Å². The molecule has 3 heterocycles. The van der Waals surface area contributed by atoms with Crippen LogP contribution in [0.15, 0.2) is 4.52 Å². The highest BCUT2D eigenvalue weighted by molar-refractivity contribution is 7.93. The van der Waals surface area contributed by atoms with Crippen molar-refractivity contribution in [3.05, 3.63) is 17.0 Å². The van der Waals surface area contributed by atoms with Crippen LogP contribution in [0.25, 0.3) is 0 Å². The monoisotopic (exact) mass is 354 g/mol. The number of aryl methyl sites for hydroxylation is 2. The van der Waals surface area contributed by atoms with E-state index in [-0.39, 0.29) is 5.92 Å². The van der Waals surface area contributed by atoms with Gasteiger partial charge in [-0.05, 0) is 39.0 Å². The standard InChI is InChI=1S/C17H26N2O4S/c1-12-16(13(2)23-18-12)7-19-10-17(11-19)15(5-6-24(17,20)21)9-22-8-14-3-4-14/h14-15H,3-11H2,1-2H3. The van der Waals surface area contributed by atoms with E-state index in [0.717, 1.165) is 36.0 Å². The first-order valence-corrected chi connectivity index (χ1v) is 10.5. The van der Waals surface area contributed by atoms with Crippen LogP contribution in [0.5, 0.6) is 0 Å². The van der Waals surface area contributed by atoms with Gasteiger partial charge in [-0.15, -0.1) is 0 Å². The molecule has 2 saturated heterocycles. The van der Waals surface area contributed by atoms with Crippen LogP contribution in [0.3, 0.4) is 0 Å². The molecule has 0 aromatic carbocycles. The Bertz CT molecular complexity index is 697. The quantitative estimate of drug-likeness (QED) is 0.774. The summed E-state index contributed by atoms with van der Waals surface area (Å²) in [4.78, 5) is 2.20. The summed E-state index contributed by atoms with van der Waals surface area (Å²) >= 11 is 0. The number of nitrogens with zero attached hydrogens (tertiary/aromatic N) is 2. The molecule has 1 unspecified atom stereocenters. The van der Waals surface area contributed by atoms with Gasteiger partial charge in [-0.1, -0.05) is 5.16 Å². The molecule has 1 aromatic rings. The Morgan fingerprint density at radius 1 is 1.25 bits per heavy atom. The van der Waals surface area contributed by atoms with Crippen molar-refractivity contribution in [1.29, 1.82) is 0 Å². The molecular weight excluding hydrogens is 328 g/mol. The number of ether oxygens (including phenoxy) is 1. The molecule has 1 aliphatic carbocycles. The smallest absolute Gasteiger partial charge is 0.158 e. The third kappa shape index (κ3) is 2.70. The van der Waals surface area contributed by atoms with Crippen molar-refractivity contribution in [3.63, 3.8) is 0 Å². The number of rotatable bonds is 6.